The Morgan fingerprint density at radius 1 is 1.50 bits per heavy atom. The highest BCUT2D eigenvalue weighted by Gasteiger charge is 2.26. The predicted octanol–water partition coefficient (Wildman–Crippen LogP) is 0.547. The molecule has 0 spiro atoms. The molecule has 0 aromatic heterocycles. The first kappa shape index (κ1) is 7.51. The minimum absolute atomic E-state index is 0.0255. The van der Waals surface area contributed by atoms with E-state index in [1.165, 1.54) is 0 Å². The molecule has 0 saturated heterocycles. The lowest BCUT2D eigenvalue weighted by atomic mass is 9.86. The zero-order valence-corrected chi connectivity index (χ0v) is 6.25. The fraction of sp³-hybridized carbons (Fsp3) is 0.500. The van der Waals surface area contributed by atoms with Gasteiger partial charge in [0.2, 0.25) is 0 Å². The third-order valence-corrected chi connectivity index (χ3v) is 2.07. The van der Waals surface area contributed by atoms with E-state index in [1.807, 2.05) is 31.2 Å². The van der Waals surface area contributed by atoms with Crippen LogP contribution in [0.25, 0.3) is 0 Å². The SMILES string of the molecule is CC[C@@]1(N)C=CC=CC1N. The van der Waals surface area contributed by atoms with Crippen LogP contribution in [0.1, 0.15) is 13.3 Å². The van der Waals surface area contributed by atoms with Gasteiger partial charge in [-0.25, -0.2) is 0 Å². The zero-order valence-electron chi connectivity index (χ0n) is 6.25. The average molecular weight is 138 g/mol. The molecule has 0 bridgehead atoms. The second-order valence-corrected chi connectivity index (χ2v) is 2.74. The molecule has 2 heteroatoms. The highest BCUT2D eigenvalue weighted by Crippen LogP contribution is 2.16. The molecule has 2 nitrogen and oxygen atoms in total. The van der Waals surface area contributed by atoms with E-state index in [1.54, 1.807) is 0 Å². The Morgan fingerprint density at radius 3 is 2.60 bits per heavy atom. The van der Waals surface area contributed by atoms with E-state index >= 15 is 0 Å². The van der Waals surface area contributed by atoms with Crippen molar-refractivity contribution in [1.29, 1.82) is 0 Å². The third-order valence-electron chi connectivity index (χ3n) is 2.07. The highest BCUT2D eigenvalue weighted by molar-refractivity contribution is 5.25. The Morgan fingerprint density at radius 2 is 2.20 bits per heavy atom. The van der Waals surface area contributed by atoms with Crippen LogP contribution >= 0.6 is 0 Å². The Bertz CT molecular complexity index is 172. The first-order valence-corrected chi connectivity index (χ1v) is 3.59. The van der Waals surface area contributed by atoms with Crippen molar-refractivity contribution in [2.24, 2.45) is 11.5 Å². The van der Waals surface area contributed by atoms with E-state index in [9.17, 15) is 0 Å². The minimum Gasteiger partial charge on any atom is -0.323 e. The van der Waals surface area contributed by atoms with Crippen LogP contribution in [0.3, 0.4) is 0 Å². The van der Waals surface area contributed by atoms with Gasteiger partial charge in [0.25, 0.3) is 0 Å². The van der Waals surface area contributed by atoms with Crippen LogP contribution in [0.15, 0.2) is 24.3 Å². The van der Waals surface area contributed by atoms with Crippen molar-refractivity contribution in [1.82, 2.24) is 0 Å². The van der Waals surface area contributed by atoms with Crippen LogP contribution in [0.5, 0.6) is 0 Å². The van der Waals surface area contributed by atoms with Crippen LogP contribution in [-0.2, 0) is 0 Å². The lowest BCUT2D eigenvalue weighted by Gasteiger charge is -2.31. The van der Waals surface area contributed by atoms with Gasteiger partial charge in [0.05, 0.1) is 5.54 Å². The Kier molecular flexibility index (Phi) is 1.92. The van der Waals surface area contributed by atoms with Gasteiger partial charge in [0.1, 0.15) is 0 Å². The largest absolute Gasteiger partial charge is 0.323 e. The summed E-state index contributed by atoms with van der Waals surface area (Å²) in [6.45, 7) is 2.04. The van der Waals surface area contributed by atoms with Crippen molar-refractivity contribution < 1.29 is 0 Å². The number of hydrogen-bond acceptors (Lipinski definition) is 2. The maximum atomic E-state index is 5.94. The molecule has 1 unspecified atom stereocenters. The van der Waals surface area contributed by atoms with Crippen LogP contribution < -0.4 is 11.5 Å². The summed E-state index contributed by atoms with van der Waals surface area (Å²) in [6.07, 6.45) is 8.68. The highest BCUT2D eigenvalue weighted by atomic mass is 14.8. The van der Waals surface area contributed by atoms with E-state index in [0.717, 1.165) is 6.42 Å². The van der Waals surface area contributed by atoms with E-state index < -0.39 is 0 Å². The fourth-order valence-electron chi connectivity index (χ4n) is 1.06. The predicted molar refractivity (Wildman–Crippen MR) is 43.5 cm³/mol. The molecule has 0 aromatic carbocycles. The van der Waals surface area contributed by atoms with Crippen LogP contribution in [0.2, 0.25) is 0 Å². The lowest BCUT2D eigenvalue weighted by molar-refractivity contribution is 0.455. The molecular formula is C8H14N2. The molecule has 0 saturated carbocycles. The van der Waals surface area contributed by atoms with Gasteiger partial charge in [-0.1, -0.05) is 31.2 Å². The fourth-order valence-corrected chi connectivity index (χ4v) is 1.06. The summed E-state index contributed by atoms with van der Waals surface area (Å²) in [5, 5.41) is 0. The molecule has 0 fully saturated rings. The summed E-state index contributed by atoms with van der Waals surface area (Å²) >= 11 is 0. The minimum atomic E-state index is -0.311. The van der Waals surface area contributed by atoms with Crippen molar-refractivity contribution in [2.45, 2.75) is 24.9 Å². The van der Waals surface area contributed by atoms with Crippen LogP contribution in [0.4, 0.5) is 0 Å². The topological polar surface area (TPSA) is 52.0 Å². The van der Waals surface area contributed by atoms with E-state index in [2.05, 4.69) is 0 Å². The van der Waals surface area contributed by atoms with E-state index in [0.29, 0.717) is 0 Å². The molecule has 1 rings (SSSR count). The van der Waals surface area contributed by atoms with Gasteiger partial charge in [-0.05, 0) is 6.42 Å². The van der Waals surface area contributed by atoms with Crippen LogP contribution in [0, 0.1) is 0 Å². The molecule has 1 aliphatic rings. The van der Waals surface area contributed by atoms with Crippen molar-refractivity contribution >= 4 is 0 Å². The summed E-state index contributed by atoms with van der Waals surface area (Å²) in [6, 6.07) is -0.0255. The number of hydrogen-bond donors (Lipinski definition) is 2. The molecular weight excluding hydrogens is 124 g/mol. The Labute approximate surface area is 61.6 Å². The summed E-state index contributed by atoms with van der Waals surface area (Å²) in [5.41, 5.74) is 11.4. The van der Waals surface area contributed by atoms with Crippen molar-refractivity contribution in [3.8, 4) is 0 Å². The molecule has 0 heterocycles. The second kappa shape index (κ2) is 2.56. The first-order valence-electron chi connectivity index (χ1n) is 3.59. The first-order chi connectivity index (χ1) is 4.69. The molecule has 1 aliphatic carbocycles. The molecule has 0 aliphatic heterocycles. The molecule has 4 N–H and O–H groups in total. The maximum Gasteiger partial charge on any atom is 0.0529 e. The molecule has 0 amide bonds. The molecule has 0 aromatic rings. The number of allylic oxidation sites excluding steroid dienone is 2. The van der Waals surface area contributed by atoms with Gasteiger partial charge >= 0.3 is 0 Å². The standard InChI is InChI=1S/C8H14N2/c1-2-8(10)6-4-3-5-7(8)9/h3-7H,2,9-10H2,1H3/t7?,8-/m1/s1. The Hall–Kier alpha value is -0.600. The molecule has 56 valence electrons. The van der Waals surface area contributed by atoms with Gasteiger partial charge < -0.3 is 11.5 Å². The van der Waals surface area contributed by atoms with Gasteiger partial charge in [0.15, 0.2) is 0 Å². The molecule has 10 heavy (non-hydrogen) atoms. The summed E-state index contributed by atoms with van der Waals surface area (Å²) in [4.78, 5) is 0. The Balaban J connectivity index is 2.77. The van der Waals surface area contributed by atoms with Gasteiger partial charge in [-0.2, -0.15) is 0 Å². The molecule has 2 atom stereocenters. The quantitative estimate of drug-likeness (QED) is 0.556. The van der Waals surface area contributed by atoms with Crippen molar-refractivity contribution in [3.05, 3.63) is 24.3 Å². The van der Waals surface area contributed by atoms with E-state index in [4.69, 9.17) is 11.5 Å². The second-order valence-electron chi connectivity index (χ2n) is 2.74. The third kappa shape index (κ3) is 1.13. The van der Waals surface area contributed by atoms with Gasteiger partial charge in [-0.15, -0.1) is 0 Å². The molecule has 0 radical (unpaired) electrons. The normalized spacial score (nSPS) is 38.5. The zero-order chi connectivity index (χ0) is 7.61. The van der Waals surface area contributed by atoms with Crippen molar-refractivity contribution in [3.63, 3.8) is 0 Å². The monoisotopic (exact) mass is 138 g/mol. The average Bonchev–Trinajstić information content (AvgIpc) is 1.96. The summed E-state index contributed by atoms with van der Waals surface area (Å²) < 4.78 is 0. The summed E-state index contributed by atoms with van der Waals surface area (Å²) in [7, 11) is 0. The smallest absolute Gasteiger partial charge is 0.0529 e. The van der Waals surface area contributed by atoms with Gasteiger partial charge in [-0.3, -0.25) is 0 Å². The number of rotatable bonds is 1. The van der Waals surface area contributed by atoms with Crippen molar-refractivity contribution in [2.75, 3.05) is 0 Å². The maximum absolute atomic E-state index is 5.94. The van der Waals surface area contributed by atoms with E-state index in [-0.39, 0.29) is 11.6 Å². The summed E-state index contributed by atoms with van der Waals surface area (Å²) in [5.74, 6) is 0. The lowest BCUT2D eigenvalue weighted by Crippen LogP contribution is -2.53. The van der Waals surface area contributed by atoms with Gasteiger partial charge in [0, 0.05) is 6.04 Å². The number of nitrogens with two attached hydrogens (primary N) is 2. The van der Waals surface area contributed by atoms with Crippen LogP contribution in [-0.4, -0.2) is 11.6 Å².